The minimum Gasteiger partial charge on any atom is -0.356 e. The second kappa shape index (κ2) is 12.5. The Kier molecular flexibility index (Phi) is 9.21. The summed E-state index contributed by atoms with van der Waals surface area (Å²) in [6.45, 7) is 8.34. The number of aromatic nitrogens is 2. The second-order valence-electron chi connectivity index (χ2n) is 10.2. The number of hydrogen-bond donors (Lipinski definition) is 1. The molecule has 1 N–H and O–H groups in total. The minimum atomic E-state index is 0.352. The quantitative estimate of drug-likeness (QED) is 0.660. The van der Waals surface area contributed by atoms with E-state index in [4.69, 9.17) is 4.98 Å². The molecule has 184 valence electrons. The van der Waals surface area contributed by atoms with Gasteiger partial charge in [0.1, 0.15) is 5.82 Å². The van der Waals surface area contributed by atoms with Gasteiger partial charge in [0.15, 0.2) is 0 Å². The van der Waals surface area contributed by atoms with Crippen LogP contribution >= 0.6 is 0 Å². The van der Waals surface area contributed by atoms with Gasteiger partial charge in [-0.3, -0.25) is 9.69 Å². The van der Waals surface area contributed by atoms with E-state index >= 15 is 0 Å². The first-order chi connectivity index (χ1) is 16.2. The van der Waals surface area contributed by atoms with Gasteiger partial charge in [-0.05, 0) is 57.6 Å². The summed E-state index contributed by atoms with van der Waals surface area (Å²) in [5.74, 6) is 2.18. The molecule has 0 aliphatic carbocycles. The van der Waals surface area contributed by atoms with Crippen molar-refractivity contribution < 1.29 is 4.79 Å². The molecule has 0 saturated carbocycles. The first-order valence-corrected chi connectivity index (χ1v) is 13.6. The van der Waals surface area contributed by atoms with Crippen LogP contribution in [0.25, 0.3) is 0 Å². The van der Waals surface area contributed by atoms with Gasteiger partial charge in [0.05, 0.1) is 0 Å². The Morgan fingerprint density at radius 1 is 1.00 bits per heavy atom. The molecule has 0 radical (unpaired) electrons. The number of unbranched alkanes of at least 4 members (excludes halogenated alkanes) is 1. The first-order valence-electron chi connectivity index (χ1n) is 13.6. The van der Waals surface area contributed by atoms with E-state index in [0.717, 1.165) is 76.7 Å². The van der Waals surface area contributed by atoms with E-state index in [2.05, 4.69) is 38.0 Å². The van der Waals surface area contributed by atoms with Gasteiger partial charge in [0, 0.05) is 57.4 Å². The number of nitrogens with one attached hydrogen (secondary N) is 1. The molecular formula is C26H44N6O. The summed E-state index contributed by atoms with van der Waals surface area (Å²) in [6.07, 6.45) is 15.8. The number of nitrogens with zero attached hydrogens (tertiary/aromatic N) is 5. The number of amides is 1. The van der Waals surface area contributed by atoms with Crippen molar-refractivity contribution in [2.75, 3.05) is 49.5 Å². The third-order valence-corrected chi connectivity index (χ3v) is 7.62. The average Bonchev–Trinajstić information content (AvgIpc) is 3.26. The van der Waals surface area contributed by atoms with Gasteiger partial charge >= 0.3 is 0 Å². The van der Waals surface area contributed by atoms with Crippen molar-refractivity contribution in [1.82, 2.24) is 19.8 Å². The Hall–Kier alpha value is -1.89. The maximum Gasteiger partial charge on any atom is 0.224 e. The highest BCUT2D eigenvalue weighted by atomic mass is 16.2. The zero-order valence-electron chi connectivity index (χ0n) is 20.7. The van der Waals surface area contributed by atoms with E-state index in [1.165, 1.54) is 44.9 Å². The third-order valence-electron chi connectivity index (χ3n) is 7.62. The molecule has 2 unspecified atom stereocenters. The fourth-order valence-corrected chi connectivity index (χ4v) is 5.66. The maximum absolute atomic E-state index is 12.6. The molecule has 0 spiro atoms. The summed E-state index contributed by atoms with van der Waals surface area (Å²) in [4.78, 5) is 29.3. The van der Waals surface area contributed by atoms with E-state index in [9.17, 15) is 4.79 Å². The first kappa shape index (κ1) is 24.2. The van der Waals surface area contributed by atoms with Gasteiger partial charge in [-0.2, -0.15) is 4.98 Å². The van der Waals surface area contributed by atoms with E-state index in [0.29, 0.717) is 24.4 Å². The molecule has 1 amide bonds. The Balaban J connectivity index is 1.35. The van der Waals surface area contributed by atoms with Crippen LogP contribution in [0.5, 0.6) is 0 Å². The topological polar surface area (TPSA) is 64.6 Å². The molecule has 3 fully saturated rings. The molecule has 0 aromatic carbocycles. The zero-order chi connectivity index (χ0) is 22.9. The lowest BCUT2D eigenvalue weighted by molar-refractivity contribution is -0.133. The molecule has 2 atom stereocenters. The van der Waals surface area contributed by atoms with Gasteiger partial charge in [0.25, 0.3) is 0 Å². The summed E-state index contributed by atoms with van der Waals surface area (Å²) >= 11 is 0. The number of anilines is 2. The smallest absolute Gasteiger partial charge is 0.224 e. The SMILES string of the molecule is CCCCC(=O)N1CCCC(N2CCCCC(Nc3nccc(N4CCCCCC4)n3)C2)C1. The lowest BCUT2D eigenvalue weighted by Gasteiger charge is -2.40. The Morgan fingerprint density at radius 3 is 2.64 bits per heavy atom. The largest absolute Gasteiger partial charge is 0.356 e. The molecular weight excluding hydrogens is 412 g/mol. The van der Waals surface area contributed by atoms with Crippen LogP contribution in [-0.2, 0) is 4.79 Å². The highest BCUT2D eigenvalue weighted by Crippen LogP contribution is 2.23. The van der Waals surface area contributed by atoms with Gasteiger partial charge in [-0.1, -0.05) is 32.6 Å². The summed E-state index contributed by atoms with van der Waals surface area (Å²) in [5, 5.41) is 3.68. The monoisotopic (exact) mass is 456 g/mol. The van der Waals surface area contributed by atoms with Crippen LogP contribution in [0.15, 0.2) is 12.3 Å². The van der Waals surface area contributed by atoms with Crippen LogP contribution in [0.4, 0.5) is 11.8 Å². The van der Waals surface area contributed by atoms with Gasteiger partial charge in [-0.15, -0.1) is 0 Å². The third kappa shape index (κ3) is 7.05. The normalized spacial score (nSPS) is 25.4. The predicted molar refractivity (Wildman–Crippen MR) is 135 cm³/mol. The number of carbonyl (C=O) groups excluding carboxylic acids is 1. The van der Waals surface area contributed by atoms with Crippen molar-refractivity contribution in [2.45, 2.75) is 96.1 Å². The molecule has 33 heavy (non-hydrogen) atoms. The summed E-state index contributed by atoms with van der Waals surface area (Å²) in [7, 11) is 0. The minimum absolute atomic E-state index is 0.352. The van der Waals surface area contributed by atoms with Crippen molar-refractivity contribution in [1.29, 1.82) is 0 Å². The van der Waals surface area contributed by atoms with Crippen LogP contribution in [0.1, 0.15) is 84.0 Å². The summed E-state index contributed by atoms with van der Waals surface area (Å²) in [5.41, 5.74) is 0. The zero-order valence-corrected chi connectivity index (χ0v) is 20.7. The molecule has 7 nitrogen and oxygen atoms in total. The molecule has 3 aliphatic rings. The molecule has 4 heterocycles. The number of carbonyl (C=O) groups is 1. The average molecular weight is 457 g/mol. The molecule has 3 saturated heterocycles. The van der Waals surface area contributed by atoms with Gasteiger partial charge in [-0.25, -0.2) is 4.98 Å². The van der Waals surface area contributed by atoms with Crippen LogP contribution in [0, 0.1) is 0 Å². The van der Waals surface area contributed by atoms with E-state index in [1.54, 1.807) is 0 Å². The summed E-state index contributed by atoms with van der Waals surface area (Å²) < 4.78 is 0. The van der Waals surface area contributed by atoms with Crippen molar-refractivity contribution in [3.05, 3.63) is 12.3 Å². The van der Waals surface area contributed by atoms with Crippen molar-refractivity contribution in [3.8, 4) is 0 Å². The van der Waals surface area contributed by atoms with E-state index < -0.39 is 0 Å². The number of hydrogen-bond acceptors (Lipinski definition) is 6. The highest BCUT2D eigenvalue weighted by molar-refractivity contribution is 5.76. The van der Waals surface area contributed by atoms with E-state index in [-0.39, 0.29) is 0 Å². The van der Waals surface area contributed by atoms with Crippen molar-refractivity contribution in [2.24, 2.45) is 0 Å². The number of piperidine rings is 1. The fraction of sp³-hybridized carbons (Fsp3) is 0.808. The van der Waals surface area contributed by atoms with Crippen molar-refractivity contribution in [3.63, 3.8) is 0 Å². The molecule has 1 aromatic rings. The predicted octanol–water partition coefficient (Wildman–Crippen LogP) is 4.30. The molecule has 4 rings (SSSR count). The standard InChI is InChI=1S/C26H44N6O/c1-2-3-13-25(33)32-19-10-12-23(21-32)31-18-9-6-11-22(20-31)28-26-27-15-14-24(29-26)30-16-7-4-5-8-17-30/h14-15,22-23H,2-13,16-21H2,1H3,(H,27,28,29). The van der Waals surface area contributed by atoms with Crippen LogP contribution in [0.2, 0.25) is 0 Å². The fourth-order valence-electron chi connectivity index (χ4n) is 5.66. The van der Waals surface area contributed by atoms with Crippen LogP contribution < -0.4 is 10.2 Å². The number of likely N-dealkylation sites (tertiary alicyclic amines) is 2. The second-order valence-corrected chi connectivity index (χ2v) is 10.2. The number of rotatable bonds is 7. The lowest BCUT2D eigenvalue weighted by atomic mass is 10.0. The molecule has 7 heteroatoms. The Morgan fingerprint density at radius 2 is 1.82 bits per heavy atom. The van der Waals surface area contributed by atoms with Crippen molar-refractivity contribution >= 4 is 17.7 Å². The lowest BCUT2D eigenvalue weighted by Crippen LogP contribution is -2.51. The van der Waals surface area contributed by atoms with Crippen LogP contribution in [0.3, 0.4) is 0 Å². The highest BCUT2D eigenvalue weighted by Gasteiger charge is 2.30. The van der Waals surface area contributed by atoms with Crippen LogP contribution in [-0.4, -0.2) is 77.0 Å². The molecule has 3 aliphatic heterocycles. The van der Waals surface area contributed by atoms with E-state index in [1.807, 2.05) is 6.20 Å². The Labute approximate surface area is 200 Å². The maximum atomic E-state index is 12.6. The molecule has 1 aromatic heterocycles. The summed E-state index contributed by atoms with van der Waals surface area (Å²) in [6, 6.07) is 2.90. The Bertz CT molecular complexity index is 735. The molecule has 0 bridgehead atoms. The van der Waals surface area contributed by atoms with Gasteiger partial charge < -0.3 is 15.1 Å². The van der Waals surface area contributed by atoms with Gasteiger partial charge in [0.2, 0.25) is 11.9 Å².